The molecule has 118 valence electrons. The van der Waals surface area contributed by atoms with Gasteiger partial charge >= 0.3 is 6.18 Å². The summed E-state index contributed by atoms with van der Waals surface area (Å²) < 4.78 is 37.4. The second-order valence-corrected chi connectivity index (χ2v) is 5.15. The molecule has 23 heavy (non-hydrogen) atoms. The van der Waals surface area contributed by atoms with Gasteiger partial charge < -0.3 is 10.3 Å². The van der Waals surface area contributed by atoms with Crippen LogP contribution >= 0.6 is 0 Å². The van der Waals surface area contributed by atoms with Crippen molar-refractivity contribution in [3.63, 3.8) is 0 Å². The molecule has 0 aliphatic heterocycles. The van der Waals surface area contributed by atoms with E-state index in [0.717, 1.165) is 23.0 Å². The lowest BCUT2D eigenvalue weighted by atomic mass is 10.1. The number of alkyl halides is 3. The Morgan fingerprint density at radius 1 is 1.04 bits per heavy atom. The maximum Gasteiger partial charge on any atom is 0.416 e. The fourth-order valence-corrected chi connectivity index (χ4v) is 2.28. The van der Waals surface area contributed by atoms with Crippen LogP contribution in [0.15, 0.2) is 54.6 Å². The number of fused-ring (bicyclic) bond motifs is 1. The molecule has 0 saturated carbocycles. The Bertz CT molecular complexity index is 802. The number of hydrogen-bond donors (Lipinski definition) is 2. The van der Waals surface area contributed by atoms with E-state index < -0.39 is 11.7 Å². The number of halogens is 3. The number of aromatic amines is 1. The van der Waals surface area contributed by atoms with Crippen LogP contribution in [0, 0.1) is 0 Å². The van der Waals surface area contributed by atoms with Crippen molar-refractivity contribution in [1.82, 2.24) is 10.3 Å². The van der Waals surface area contributed by atoms with Gasteiger partial charge in [0.25, 0.3) is 5.91 Å². The van der Waals surface area contributed by atoms with Crippen molar-refractivity contribution in [2.45, 2.75) is 12.7 Å². The number of carbonyl (C=O) groups excluding carboxylic acids is 1. The highest BCUT2D eigenvalue weighted by atomic mass is 19.4. The van der Waals surface area contributed by atoms with Crippen molar-refractivity contribution in [2.75, 3.05) is 0 Å². The summed E-state index contributed by atoms with van der Waals surface area (Å²) in [5, 5.41) is 3.61. The van der Waals surface area contributed by atoms with Crippen molar-refractivity contribution in [3.8, 4) is 0 Å². The summed E-state index contributed by atoms with van der Waals surface area (Å²) in [6.07, 6.45) is -4.36. The zero-order chi connectivity index (χ0) is 16.4. The van der Waals surface area contributed by atoms with Crippen LogP contribution in [0.3, 0.4) is 0 Å². The van der Waals surface area contributed by atoms with E-state index in [-0.39, 0.29) is 12.5 Å². The summed E-state index contributed by atoms with van der Waals surface area (Å²) in [5.41, 5.74) is 1.16. The Morgan fingerprint density at radius 3 is 2.39 bits per heavy atom. The van der Waals surface area contributed by atoms with E-state index in [1.54, 1.807) is 6.07 Å². The molecule has 3 nitrogen and oxygen atoms in total. The largest absolute Gasteiger partial charge is 0.416 e. The van der Waals surface area contributed by atoms with E-state index in [2.05, 4.69) is 10.3 Å². The predicted octanol–water partition coefficient (Wildman–Crippen LogP) is 4.12. The molecule has 0 fully saturated rings. The minimum Gasteiger partial charge on any atom is -0.351 e. The highest BCUT2D eigenvalue weighted by Crippen LogP contribution is 2.29. The van der Waals surface area contributed by atoms with Crippen molar-refractivity contribution >= 4 is 16.8 Å². The summed E-state index contributed by atoms with van der Waals surface area (Å²) in [7, 11) is 0. The molecule has 3 rings (SSSR count). The van der Waals surface area contributed by atoms with Crippen LogP contribution in [0.4, 0.5) is 13.2 Å². The molecule has 0 unspecified atom stereocenters. The summed E-state index contributed by atoms with van der Waals surface area (Å²) in [4.78, 5) is 15.1. The van der Waals surface area contributed by atoms with Crippen molar-refractivity contribution in [3.05, 3.63) is 71.4 Å². The van der Waals surface area contributed by atoms with Gasteiger partial charge in [-0.15, -0.1) is 0 Å². The molecule has 3 aromatic rings. The predicted molar refractivity (Wildman–Crippen MR) is 80.9 cm³/mol. The number of hydrogen-bond acceptors (Lipinski definition) is 1. The van der Waals surface area contributed by atoms with Crippen LogP contribution in [0.2, 0.25) is 0 Å². The maximum atomic E-state index is 12.5. The smallest absolute Gasteiger partial charge is 0.351 e. The SMILES string of the molecule is O=C(NCc1ccc(C(F)(F)F)cc1)c1cc2ccccc2[nH]1. The molecule has 0 bridgehead atoms. The fraction of sp³-hybridized carbons (Fsp3) is 0.118. The number of nitrogens with one attached hydrogen (secondary N) is 2. The minimum atomic E-state index is -4.36. The average Bonchev–Trinajstić information content (AvgIpc) is 2.96. The van der Waals surface area contributed by atoms with Crippen LogP contribution in [0.5, 0.6) is 0 Å². The molecule has 0 radical (unpaired) electrons. The Morgan fingerprint density at radius 2 is 1.74 bits per heavy atom. The van der Waals surface area contributed by atoms with Crippen LogP contribution in [-0.2, 0) is 12.7 Å². The molecule has 1 heterocycles. The second kappa shape index (κ2) is 5.79. The highest BCUT2D eigenvalue weighted by Gasteiger charge is 2.29. The molecule has 2 N–H and O–H groups in total. The maximum absolute atomic E-state index is 12.5. The lowest BCUT2D eigenvalue weighted by molar-refractivity contribution is -0.137. The van der Waals surface area contributed by atoms with Gasteiger partial charge in [0.15, 0.2) is 0 Å². The van der Waals surface area contributed by atoms with E-state index in [1.807, 2.05) is 24.3 Å². The van der Waals surface area contributed by atoms with Gasteiger partial charge in [-0.1, -0.05) is 30.3 Å². The number of benzene rings is 2. The zero-order valence-electron chi connectivity index (χ0n) is 11.9. The molecule has 0 aliphatic carbocycles. The zero-order valence-corrected chi connectivity index (χ0v) is 11.9. The number of rotatable bonds is 3. The van der Waals surface area contributed by atoms with E-state index in [1.165, 1.54) is 12.1 Å². The lowest BCUT2D eigenvalue weighted by Crippen LogP contribution is -2.23. The van der Waals surface area contributed by atoms with Crippen LogP contribution < -0.4 is 5.32 Å². The second-order valence-electron chi connectivity index (χ2n) is 5.15. The summed E-state index contributed by atoms with van der Waals surface area (Å²) in [5.74, 6) is -0.305. The molecule has 1 aromatic heterocycles. The first-order valence-corrected chi connectivity index (χ1v) is 6.95. The third kappa shape index (κ3) is 3.36. The molecule has 6 heteroatoms. The third-order valence-corrected chi connectivity index (χ3v) is 3.51. The topological polar surface area (TPSA) is 44.9 Å². The minimum absolute atomic E-state index is 0.159. The lowest BCUT2D eigenvalue weighted by Gasteiger charge is -2.08. The number of para-hydroxylation sites is 1. The van der Waals surface area contributed by atoms with Crippen molar-refractivity contribution < 1.29 is 18.0 Å². The van der Waals surface area contributed by atoms with E-state index in [4.69, 9.17) is 0 Å². The Hall–Kier alpha value is -2.76. The number of carbonyl (C=O) groups is 1. The van der Waals surface area contributed by atoms with Crippen LogP contribution in [-0.4, -0.2) is 10.9 Å². The van der Waals surface area contributed by atoms with Crippen molar-refractivity contribution in [2.24, 2.45) is 0 Å². The summed E-state index contributed by atoms with van der Waals surface area (Å²) in [6.45, 7) is 0.159. The van der Waals surface area contributed by atoms with Crippen LogP contribution in [0.25, 0.3) is 10.9 Å². The van der Waals surface area contributed by atoms with Gasteiger partial charge in [-0.25, -0.2) is 0 Å². The van der Waals surface area contributed by atoms with E-state index >= 15 is 0 Å². The van der Waals surface area contributed by atoms with Crippen LogP contribution in [0.1, 0.15) is 21.6 Å². The standard InChI is InChI=1S/C17H13F3N2O/c18-17(19,20)13-7-5-11(6-8-13)10-21-16(23)15-9-12-3-1-2-4-14(12)22-15/h1-9,22H,10H2,(H,21,23). The molecule has 2 aromatic carbocycles. The molecular weight excluding hydrogens is 305 g/mol. The first kappa shape index (κ1) is 15.1. The number of amides is 1. The molecule has 0 spiro atoms. The molecule has 0 saturated heterocycles. The monoisotopic (exact) mass is 318 g/mol. The Kier molecular flexibility index (Phi) is 3.82. The third-order valence-electron chi connectivity index (χ3n) is 3.51. The number of H-pyrrole nitrogens is 1. The van der Waals surface area contributed by atoms with Gasteiger partial charge in [0.2, 0.25) is 0 Å². The quantitative estimate of drug-likeness (QED) is 0.750. The molecule has 1 amide bonds. The van der Waals surface area contributed by atoms with Gasteiger partial charge in [-0.05, 0) is 29.8 Å². The summed E-state index contributed by atoms with van der Waals surface area (Å²) in [6, 6.07) is 13.9. The average molecular weight is 318 g/mol. The first-order valence-electron chi connectivity index (χ1n) is 6.95. The molecule has 0 atom stereocenters. The fourth-order valence-electron chi connectivity index (χ4n) is 2.28. The Balaban J connectivity index is 1.66. The molecular formula is C17H13F3N2O. The van der Waals surface area contributed by atoms with Gasteiger partial charge in [0, 0.05) is 17.4 Å². The Labute approximate surface area is 130 Å². The van der Waals surface area contributed by atoms with E-state index in [0.29, 0.717) is 11.3 Å². The summed E-state index contributed by atoms with van der Waals surface area (Å²) >= 11 is 0. The van der Waals surface area contributed by atoms with Crippen molar-refractivity contribution in [1.29, 1.82) is 0 Å². The van der Waals surface area contributed by atoms with Gasteiger partial charge in [0.1, 0.15) is 5.69 Å². The first-order chi connectivity index (χ1) is 10.9. The highest BCUT2D eigenvalue weighted by molar-refractivity contribution is 5.97. The van der Waals surface area contributed by atoms with Gasteiger partial charge in [0.05, 0.1) is 5.56 Å². The van der Waals surface area contributed by atoms with E-state index in [9.17, 15) is 18.0 Å². The van der Waals surface area contributed by atoms with Gasteiger partial charge in [-0.3, -0.25) is 4.79 Å². The number of aromatic nitrogens is 1. The molecule has 0 aliphatic rings. The van der Waals surface area contributed by atoms with Gasteiger partial charge in [-0.2, -0.15) is 13.2 Å². The normalized spacial score (nSPS) is 11.6.